The minimum Gasteiger partial charge on any atom is -0.478 e. The average Bonchev–Trinajstić information content (AvgIpc) is 2.36. The van der Waals surface area contributed by atoms with Crippen LogP contribution in [0.25, 0.3) is 0 Å². The van der Waals surface area contributed by atoms with Crippen molar-refractivity contribution in [1.82, 2.24) is 0 Å². The number of carboxylic acid groups (broad SMARTS) is 1. The Morgan fingerprint density at radius 3 is 1.95 bits per heavy atom. The molecule has 1 atom stereocenters. The minimum atomic E-state index is -1.03. The van der Waals surface area contributed by atoms with E-state index in [0.29, 0.717) is 18.4 Å². The predicted molar refractivity (Wildman–Crippen MR) is 84.0 cm³/mol. The maximum atomic E-state index is 12.4. The van der Waals surface area contributed by atoms with Gasteiger partial charge in [-0.1, -0.05) is 54.4 Å². The van der Waals surface area contributed by atoms with Crippen LogP contribution < -0.4 is 0 Å². The largest absolute Gasteiger partial charge is 0.478 e. The van der Waals surface area contributed by atoms with E-state index in [9.17, 15) is 14.7 Å². The lowest BCUT2D eigenvalue weighted by Gasteiger charge is -2.23. The Hall–Kier alpha value is -1.32. The highest BCUT2D eigenvalue weighted by Crippen LogP contribution is 2.23. The summed E-state index contributed by atoms with van der Waals surface area (Å²) in [6.45, 7) is 11.6. The summed E-state index contributed by atoms with van der Waals surface area (Å²) in [6, 6.07) is 0. The number of hydrogen-bond donors (Lipinski definition) is 1. The van der Waals surface area contributed by atoms with Gasteiger partial charge in [0.05, 0.1) is 0 Å². The molecule has 0 radical (unpaired) electrons. The zero-order chi connectivity index (χ0) is 16.6. The van der Waals surface area contributed by atoms with Crippen LogP contribution in [0.15, 0.2) is 11.1 Å². The molecule has 4 heteroatoms. The molecule has 0 bridgehead atoms. The predicted octanol–water partition coefficient (Wildman–Crippen LogP) is 4.19. The van der Waals surface area contributed by atoms with Crippen molar-refractivity contribution in [1.29, 1.82) is 0 Å². The second-order valence-corrected chi connectivity index (χ2v) is 6.08. The first-order valence-electron chi connectivity index (χ1n) is 7.93. The summed E-state index contributed by atoms with van der Waals surface area (Å²) in [4.78, 5) is 23.9. The van der Waals surface area contributed by atoms with Crippen LogP contribution in [0.1, 0.15) is 67.2 Å². The molecule has 0 aromatic carbocycles. The lowest BCUT2D eigenvalue weighted by molar-refractivity contribution is -0.148. The topological polar surface area (TPSA) is 63.6 Å². The van der Waals surface area contributed by atoms with E-state index in [0.717, 1.165) is 12.8 Å². The third-order valence-electron chi connectivity index (χ3n) is 3.45. The molecule has 21 heavy (non-hydrogen) atoms. The average molecular weight is 298 g/mol. The Morgan fingerprint density at radius 1 is 1.05 bits per heavy atom. The summed E-state index contributed by atoms with van der Waals surface area (Å²) in [6.07, 6.45) is 2.73. The van der Waals surface area contributed by atoms with E-state index in [1.54, 1.807) is 13.8 Å². The Bertz CT molecular complexity index is 380. The van der Waals surface area contributed by atoms with Gasteiger partial charge >= 0.3 is 11.9 Å². The first-order valence-corrected chi connectivity index (χ1v) is 7.93. The zero-order valence-electron chi connectivity index (χ0n) is 14.2. The SMILES string of the molecule is CCC/C(C(=O)OC(CCC)C(C)C)=C(/C(=O)O)C(C)C. The zero-order valence-corrected chi connectivity index (χ0v) is 14.2. The molecule has 0 aliphatic carbocycles. The van der Waals surface area contributed by atoms with Crippen molar-refractivity contribution in [3.63, 3.8) is 0 Å². The summed E-state index contributed by atoms with van der Waals surface area (Å²) in [7, 11) is 0. The van der Waals surface area contributed by atoms with Crippen LogP contribution in [-0.4, -0.2) is 23.1 Å². The van der Waals surface area contributed by atoms with Gasteiger partial charge in [-0.05, 0) is 24.7 Å². The summed E-state index contributed by atoms with van der Waals surface area (Å²) in [5.74, 6) is -1.47. The van der Waals surface area contributed by atoms with Gasteiger partial charge in [-0.3, -0.25) is 0 Å². The van der Waals surface area contributed by atoms with Crippen LogP contribution in [0.3, 0.4) is 0 Å². The molecule has 0 amide bonds. The standard InChI is InChI=1S/C17H30O4/c1-7-9-13(15(12(5)6)16(18)19)17(20)21-14(10-8-2)11(3)4/h11-12,14H,7-10H2,1-6H3,(H,18,19)/b15-13-. The molecule has 0 saturated heterocycles. The van der Waals surface area contributed by atoms with Crippen molar-refractivity contribution in [2.75, 3.05) is 0 Å². The lowest BCUT2D eigenvalue weighted by Crippen LogP contribution is -2.26. The first-order chi connectivity index (χ1) is 9.76. The lowest BCUT2D eigenvalue weighted by atomic mass is 9.94. The van der Waals surface area contributed by atoms with Crippen molar-refractivity contribution < 1.29 is 19.4 Å². The van der Waals surface area contributed by atoms with Gasteiger partial charge in [0.25, 0.3) is 0 Å². The summed E-state index contributed by atoms with van der Waals surface area (Å²) in [5, 5.41) is 9.37. The number of hydrogen-bond acceptors (Lipinski definition) is 3. The fraction of sp³-hybridized carbons (Fsp3) is 0.765. The van der Waals surface area contributed by atoms with E-state index in [-0.39, 0.29) is 23.5 Å². The van der Waals surface area contributed by atoms with Crippen LogP contribution in [0.4, 0.5) is 0 Å². The quantitative estimate of drug-likeness (QED) is 0.512. The van der Waals surface area contributed by atoms with Crippen LogP contribution in [0.5, 0.6) is 0 Å². The molecule has 122 valence electrons. The number of carbonyl (C=O) groups excluding carboxylic acids is 1. The summed E-state index contributed by atoms with van der Waals surface area (Å²) in [5.41, 5.74) is 0.502. The van der Waals surface area contributed by atoms with Crippen LogP contribution >= 0.6 is 0 Å². The van der Waals surface area contributed by atoms with Crippen LogP contribution in [0.2, 0.25) is 0 Å². The number of carbonyl (C=O) groups is 2. The molecule has 0 aromatic heterocycles. The molecule has 0 heterocycles. The van der Waals surface area contributed by atoms with Gasteiger partial charge in [-0.15, -0.1) is 0 Å². The van der Waals surface area contributed by atoms with Gasteiger partial charge in [-0.2, -0.15) is 0 Å². The number of carboxylic acids is 1. The van der Waals surface area contributed by atoms with Gasteiger partial charge in [0.1, 0.15) is 6.10 Å². The summed E-state index contributed by atoms with van der Waals surface area (Å²) < 4.78 is 5.59. The van der Waals surface area contributed by atoms with Gasteiger partial charge in [0, 0.05) is 11.1 Å². The Morgan fingerprint density at radius 2 is 1.62 bits per heavy atom. The molecule has 1 N–H and O–H groups in total. The summed E-state index contributed by atoms with van der Waals surface area (Å²) >= 11 is 0. The molecule has 0 aliphatic rings. The molecule has 0 rings (SSSR count). The molecule has 0 saturated carbocycles. The number of esters is 1. The highest BCUT2D eigenvalue weighted by atomic mass is 16.5. The van der Waals surface area contributed by atoms with E-state index >= 15 is 0 Å². The molecular weight excluding hydrogens is 268 g/mol. The van der Waals surface area contributed by atoms with Gasteiger partial charge in [0.15, 0.2) is 0 Å². The van der Waals surface area contributed by atoms with Crippen LogP contribution in [-0.2, 0) is 14.3 Å². The van der Waals surface area contributed by atoms with Crippen LogP contribution in [0, 0.1) is 11.8 Å². The van der Waals surface area contributed by atoms with Gasteiger partial charge in [-0.25, -0.2) is 9.59 Å². The van der Waals surface area contributed by atoms with E-state index in [2.05, 4.69) is 0 Å². The molecule has 0 fully saturated rings. The number of rotatable bonds is 9. The smallest absolute Gasteiger partial charge is 0.334 e. The van der Waals surface area contributed by atoms with Gasteiger partial charge in [0.2, 0.25) is 0 Å². The monoisotopic (exact) mass is 298 g/mol. The molecule has 1 unspecified atom stereocenters. The fourth-order valence-corrected chi connectivity index (χ4v) is 2.34. The Labute approximate surface area is 128 Å². The first kappa shape index (κ1) is 19.7. The normalized spacial score (nSPS) is 14.1. The maximum Gasteiger partial charge on any atom is 0.334 e. The van der Waals surface area contributed by atoms with E-state index < -0.39 is 11.9 Å². The van der Waals surface area contributed by atoms with Crippen molar-refractivity contribution in [3.8, 4) is 0 Å². The highest BCUT2D eigenvalue weighted by molar-refractivity contribution is 5.99. The molecular formula is C17H30O4. The van der Waals surface area contributed by atoms with Gasteiger partial charge < -0.3 is 9.84 Å². The molecule has 0 aliphatic heterocycles. The van der Waals surface area contributed by atoms with E-state index in [1.165, 1.54) is 0 Å². The van der Waals surface area contributed by atoms with E-state index in [4.69, 9.17) is 4.74 Å². The molecule has 0 spiro atoms. The molecule has 4 nitrogen and oxygen atoms in total. The second kappa shape index (κ2) is 9.59. The number of aliphatic carboxylic acids is 1. The Balaban J connectivity index is 5.41. The van der Waals surface area contributed by atoms with Crippen molar-refractivity contribution >= 4 is 11.9 Å². The maximum absolute atomic E-state index is 12.4. The Kier molecular flexibility index (Phi) is 8.98. The highest BCUT2D eigenvalue weighted by Gasteiger charge is 2.26. The third kappa shape index (κ3) is 6.32. The van der Waals surface area contributed by atoms with E-state index in [1.807, 2.05) is 27.7 Å². The van der Waals surface area contributed by atoms with Crippen molar-refractivity contribution in [2.45, 2.75) is 73.3 Å². The second-order valence-electron chi connectivity index (χ2n) is 6.08. The van der Waals surface area contributed by atoms with Crippen molar-refractivity contribution in [2.24, 2.45) is 11.8 Å². The van der Waals surface area contributed by atoms with Crippen molar-refractivity contribution in [3.05, 3.63) is 11.1 Å². The third-order valence-corrected chi connectivity index (χ3v) is 3.45. The minimum absolute atomic E-state index is 0.156. The number of ether oxygens (including phenoxy) is 1. The molecule has 0 aromatic rings. The fourth-order valence-electron chi connectivity index (χ4n) is 2.34.